The normalized spacial score (nSPS) is 14.9. The Labute approximate surface area is 76.0 Å². The summed E-state index contributed by atoms with van der Waals surface area (Å²) in [5.74, 6) is -0.0686. The third-order valence-corrected chi connectivity index (χ3v) is 1.81. The van der Waals surface area contributed by atoms with Gasteiger partial charge in [-0.15, -0.1) is 0 Å². The Morgan fingerprint density at radius 3 is 2.77 bits per heavy atom. The number of carbonyl (C=O) groups is 1. The summed E-state index contributed by atoms with van der Waals surface area (Å²) >= 11 is 0. The summed E-state index contributed by atoms with van der Waals surface area (Å²) in [7, 11) is 0. The molecule has 0 unspecified atom stereocenters. The highest BCUT2D eigenvalue weighted by atomic mass is 16.3. The van der Waals surface area contributed by atoms with Gasteiger partial charge in [0, 0.05) is 12.4 Å². The molecule has 0 saturated heterocycles. The maximum atomic E-state index is 11.6. The van der Waals surface area contributed by atoms with Crippen LogP contribution in [0.5, 0.6) is 0 Å². The van der Waals surface area contributed by atoms with Gasteiger partial charge in [0.15, 0.2) is 0 Å². The summed E-state index contributed by atoms with van der Waals surface area (Å²) in [6, 6.07) is 1.65. The van der Waals surface area contributed by atoms with E-state index in [2.05, 4.69) is 0 Å². The van der Waals surface area contributed by atoms with Crippen molar-refractivity contribution in [2.45, 2.75) is 6.42 Å². The molecule has 0 aromatic carbocycles. The molecule has 0 aliphatic carbocycles. The number of furan rings is 1. The average molecular weight is 175 g/mol. The first-order valence-corrected chi connectivity index (χ1v) is 4.06. The highest BCUT2D eigenvalue weighted by molar-refractivity contribution is 5.95. The number of nitrogens with zero attached hydrogens (tertiary/aromatic N) is 1. The molecule has 1 amide bonds. The molecule has 1 aromatic rings. The highest BCUT2D eigenvalue weighted by Gasteiger charge is 2.12. The van der Waals surface area contributed by atoms with Gasteiger partial charge in [-0.05, 0) is 12.5 Å². The van der Waals surface area contributed by atoms with Crippen LogP contribution in [0.15, 0.2) is 47.6 Å². The van der Waals surface area contributed by atoms with E-state index in [9.17, 15) is 4.79 Å². The zero-order valence-corrected chi connectivity index (χ0v) is 7.01. The van der Waals surface area contributed by atoms with Gasteiger partial charge in [0.1, 0.15) is 6.26 Å². The SMILES string of the molecule is O=C(c1ccoc1)N1C=CCC=C1. The van der Waals surface area contributed by atoms with Crippen LogP contribution in [0.3, 0.4) is 0 Å². The van der Waals surface area contributed by atoms with Crippen molar-refractivity contribution in [2.24, 2.45) is 0 Å². The lowest BCUT2D eigenvalue weighted by atomic mass is 10.2. The van der Waals surface area contributed by atoms with Gasteiger partial charge >= 0.3 is 0 Å². The monoisotopic (exact) mass is 175 g/mol. The Hall–Kier alpha value is -1.77. The molecule has 3 nitrogen and oxygen atoms in total. The third kappa shape index (κ3) is 1.54. The minimum Gasteiger partial charge on any atom is -0.472 e. The zero-order chi connectivity index (χ0) is 9.10. The van der Waals surface area contributed by atoms with Crippen molar-refractivity contribution < 1.29 is 9.21 Å². The average Bonchev–Trinajstić information content (AvgIpc) is 2.71. The van der Waals surface area contributed by atoms with E-state index in [0.29, 0.717) is 5.56 Å². The first-order chi connectivity index (χ1) is 6.38. The number of allylic oxidation sites excluding steroid dienone is 2. The molecule has 1 aromatic heterocycles. The molecule has 66 valence electrons. The van der Waals surface area contributed by atoms with E-state index in [1.54, 1.807) is 18.5 Å². The van der Waals surface area contributed by atoms with Crippen LogP contribution < -0.4 is 0 Å². The quantitative estimate of drug-likeness (QED) is 0.655. The lowest BCUT2D eigenvalue weighted by molar-refractivity contribution is 0.0867. The topological polar surface area (TPSA) is 33.5 Å². The van der Waals surface area contributed by atoms with Gasteiger partial charge in [0.2, 0.25) is 0 Å². The van der Waals surface area contributed by atoms with Gasteiger partial charge in [-0.3, -0.25) is 9.69 Å². The molecule has 1 aliphatic rings. The Kier molecular flexibility index (Phi) is 2.00. The van der Waals surface area contributed by atoms with Crippen LogP contribution in [-0.2, 0) is 0 Å². The summed E-state index contributed by atoms with van der Waals surface area (Å²) < 4.78 is 4.83. The molecule has 0 saturated carbocycles. The van der Waals surface area contributed by atoms with Gasteiger partial charge in [0.05, 0.1) is 11.8 Å². The maximum absolute atomic E-state index is 11.6. The highest BCUT2D eigenvalue weighted by Crippen LogP contribution is 2.09. The molecule has 0 atom stereocenters. The first kappa shape index (κ1) is 7.86. The Bertz CT molecular complexity index is 337. The van der Waals surface area contributed by atoms with Crippen molar-refractivity contribution in [1.29, 1.82) is 0 Å². The van der Waals surface area contributed by atoms with E-state index in [0.717, 1.165) is 6.42 Å². The Morgan fingerprint density at radius 2 is 2.15 bits per heavy atom. The molecule has 0 fully saturated rings. The van der Waals surface area contributed by atoms with Crippen LogP contribution in [0.4, 0.5) is 0 Å². The maximum Gasteiger partial charge on any atom is 0.265 e. The number of hydrogen-bond donors (Lipinski definition) is 0. The van der Waals surface area contributed by atoms with Crippen molar-refractivity contribution in [3.63, 3.8) is 0 Å². The number of amides is 1. The van der Waals surface area contributed by atoms with Gasteiger partial charge in [-0.1, -0.05) is 12.2 Å². The molecular weight excluding hydrogens is 166 g/mol. The number of rotatable bonds is 1. The van der Waals surface area contributed by atoms with Gasteiger partial charge in [-0.2, -0.15) is 0 Å². The molecule has 13 heavy (non-hydrogen) atoms. The number of hydrogen-bond acceptors (Lipinski definition) is 2. The van der Waals surface area contributed by atoms with Crippen molar-refractivity contribution in [3.05, 3.63) is 48.7 Å². The van der Waals surface area contributed by atoms with Crippen LogP contribution >= 0.6 is 0 Å². The van der Waals surface area contributed by atoms with Gasteiger partial charge in [-0.25, -0.2) is 0 Å². The summed E-state index contributed by atoms with van der Waals surface area (Å²) in [6.45, 7) is 0. The van der Waals surface area contributed by atoms with Crippen LogP contribution in [-0.4, -0.2) is 10.8 Å². The molecule has 3 heteroatoms. The number of carbonyl (C=O) groups excluding carboxylic acids is 1. The van der Waals surface area contributed by atoms with E-state index in [1.165, 1.54) is 17.4 Å². The molecule has 0 spiro atoms. The molecule has 2 heterocycles. The van der Waals surface area contributed by atoms with Crippen LogP contribution in [0.1, 0.15) is 16.8 Å². The zero-order valence-electron chi connectivity index (χ0n) is 7.01. The fourth-order valence-electron chi connectivity index (χ4n) is 1.15. The Balaban J connectivity index is 2.18. The lowest BCUT2D eigenvalue weighted by Gasteiger charge is -2.14. The molecular formula is C10H9NO2. The van der Waals surface area contributed by atoms with Crippen LogP contribution in [0, 0.1) is 0 Å². The molecule has 0 radical (unpaired) electrons. The first-order valence-electron chi connectivity index (χ1n) is 4.06. The van der Waals surface area contributed by atoms with Crippen LogP contribution in [0.2, 0.25) is 0 Å². The molecule has 1 aliphatic heterocycles. The minimum absolute atomic E-state index is 0.0686. The second-order valence-corrected chi connectivity index (χ2v) is 2.73. The van der Waals surface area contributed by atoms with Gasteiger partial charge < -0.3 is 4.42 Å². The van der Waals surface area contributed by atoms with Gasteiger partial charge in [0.25, 0.3) is 5.91 Å². The summed E-state index contributed by atoms with van der Waals surface area (Å²) in [4.78, 5) is 13.2. The predicted octanol–water partition coefficient (Wildman–Crippen LogP) is 2.15. The van der Waals surface area contributed by atoms with Crippen molar-refractivity contribution in [3.8, 4) is 0 Å². The Morgan fingerprint density at radius 1 is 1.38 bits per heavy atom. The van der Waals surface area contributed by atoms with E-state index in [-0.39, 0.29) is 5.91 Å². The second kappa shape index (κ2) is 3.31. The molecule has 0 bridgehead atoms. The van der Waals surface area contributed by atoms with Crippen LogP contribution in [0.25, 0.3) is 0 Å². The third-order valence-electron chi connectivity index (χ3n) is 1.81. The fraction of sp³-hybridized carbons (Fsp3) is 0.100. The molecule has 2 rings (SSSR count). The molecule has 0 N–H and O–H groups in total. The lowest BCUT2D eigenvalue weighted by Crippen LogP contribution is -2.20. The fourth-order valence-corrected chi connectivity index (χ4v) is 1.15. The van der Waals surface area contributed by atoms with Crippen molar-refractivity contribution in [2.75, 3.05) is 0 Å². The standard InChI is InChI=1S/C10H9NO2/c12-10(9-4-7-13-8-9)11-5-2-1-3-6-11/h2-8H,1H2. The minimum atomic E-state index is -0.0686. The van der Waals surface area contributed by atoms with E-state index in [1.807, 2.05) is 12.2 Å². The second-order valence-electron chi connectivity index (χ2n) is 2.73. The van der Waals surface area contributed by atoms with E-state index >= 15 is 0 Å². The predicted molar refractivity (Wildman–Crippen MR) is 47.8 cm³/mol. The summed E-state index contributed by atoms with van der Waals surface area (Å²) in [5, 5.41) is 0. The largest absolute Gasteiger partial charge is 0.472 e. The van der Waals surface area contributed by atoms with Crippen molar-refractivity contribution >= 4 is 5.91 Å². The summed E-state index contributed by atoms with van der Waals surface area (Å²) in [6.07, 6.45) is 11.2. The van der Waals surface area contributed by atoms with E-state index < -0.39 is 0 Å². The van der Waals surface area contributed by atoms with Crippen molar-refractivity contribution in [1.82, 2.24) is 4.90 Å². The summed E-state index contributed by atoms with van der Waals surface area (Å²) in [5.41, 5.74) is 0.566. The smallest absolute Gasteiger partial charge is 0.265 e. The van der Waals surface area contributed by atoms with E-state index in [4.69, 9.17) is 4.42 Å².